The molecule has 10 heteroatoms. The Hall–Kier alpha value is -3.66. The number of nitrogens with one attached hydrogen (secondary N) is 2. The number of aryl methyl sites for hydroxylation is 1. The molecule has 0 saturated heterocycles. The second-order valence-corrected chi connectivity index (χ2v) is 7.84. The number of hydrogen-bond donors (Lipinski definition) is 3. The smallest absolute Gasteiger partial charge is 0.416 e. The molecule has 0 unspecified atom stereocenters. The minimum Gasteiger partial charge on any atom is -0.506 e. The van der Waals surface area contributed by atoms with Gasteiger partial charge in [0.1, 0.15) is 5.75 Å². The Labute approximate surface area is 195 Å². The van der Waals surface area contributed by atoms with Gasteiger partial charge in [-0.2, -0.15) is 18.3 Å². The van der Waals surface area contributed by atoms with Gasteiger partial charge in [0.05, 0.1) is 16.3 Å². The van der Waals surface area contributed by atoms with Crippen molar-refractivity contribution < 1.29 is 27.9 Å². The van der Waals surface area contributed by atoms with E-state index in [-0.39, 0.29) is 22.6 Å². The fourth-order valence-electron chi connectivity index (χ4n) is 2.85. The SMILES string of the molecule is Cc1cc(/C=N/NC(=O)c2cccc(NC(=O)c3cccc(C(F)(F)F)c3)c2)cc(Br)c1O. The van der Waals surface area contributed by atoms with E-state index in [9.17, 15) is 27.9 Å². The second kappa shape index (κ2) is 9.86. The van der Waals surface area contributed by atoms with E-state index in [0.717, 1.165) is 18.2 Å². The molecule has 3 N–H and O–H groups in total. The van der Waals surface area contributed by atoms with Gasteiger partial charge in [-0.15, -0.1) is 0 Å². The summed E-state index contributed by atoms with van der Waals surface area (Å²) in [5, 5.41) is 16.1. The minimum atomic E-state index is -4.57. The topological polar surface area (TPSA) is 90.8 Å². The molecule has 0 radical (unpaired) electrons. The van der Waals surface area contributed by atoms with Gasteiger partial charge in [-0.1, -0.05) is 12.1 Å². The average molecular weight is 520 g/mol. The molecule has 0 aliphatic carbocycles. The summed E-state index contributed by atoms with van der Waals surface area (Å²) in [6.07, 6.45) is -3.17. The number of halogens is 4. The molecule has 6 nitrogen and oxygen atoms in total. The number of alkyl halides is 3. The van der Waals surface area contributed by atoms with Gasteiger partial charge in [0.25, 0.3) is 11.8 Å². The fourth-order valence-corrected chi connectivity index (χ4v) is 3.42. The molecule has 3 aromatic carbocycles. The Balaban J connectivity index is 1.68. The molecule has 0 bridgehead atoms. The first kappa shape index (κ1) is 24.0. The number of benzene rings is 3. The molecule has 0 saturated carbocycles. The summed E-state index contributed by atoms with van der Waals surface area (Å²) in [5.74, 6) is -1.19. The normalized spacial score (nSPS) is 11.4. The van der Waals surface area contributed by atoms with Gasteiger partial charge < -0.3 is 10.4 Å². The van der Waals surface area contributed by atoms with E-state index < -0.39 is 23.6 Å². The Bertz CT molecular complexity index is 1220. The van der Waals surface area contributed by atoms with Crippen LogP contribution in [0.15, 0.2) is 70.2 Å². The van der Waals surface area contributed by atoms with Gasteiger partial charge in [0.15, 0.2) is 0 Å². The highest BCUT2D eigenvalue weighted by molar-refractivity contribution is 9.10. The first-order chi connectivity index (χ1) is 15.5. The number of nitrogens with zero attached hydrogens (tertiary/aromatic N) is 1. The maximum atomic E-state index is 12.9. The van der Waals surface area contributed by atoms with E-state index in [1.54, 1.807) is 19.1 Å². The Morgan fingerprint density at radius 1 is 1.00 bits per heavy atom. The Morgan fingerprint density at radius 3 is 2.33 bits per heavy atom. The molecule has 0 aromatic heterocycles. The van der Waals surface area contributed by atoms with Crippen molar-refractivity contribution in [3.05, 3.63) is 93.0 Å². The van der Waals surface area contributed by atoms with Crippen LogP contribution in [0, 0.1) is 6.92 Å². The van der Waals surface area contributed by atoms with Crippen LogP contribution >= 0.6 is 15.9 Å². The van der Waals surface area contributed by atoms with Crippen LogP contribution in [0.4, 0.5) is 18.9 Å². The van der Waals surface area contributed by atoms with Crippen molar-refractivity contribution in [1.82, 2.24) is 5.43 Å². The zero-order valence-electron chi connectivity index (χ0n) is 17.1. The number of hydrogen-bond acceptors (Lipinski definition) is 4. The molecule has 3 rings (SSSR count). The van der Waals surface area contributed by atoms with E-state index in [4.69, 9.17) is 0 Å². The molecule has 0 fully saturated rings. The third kappa shape index (κ3) is 6.19. The van der Waals surface area contributed by atoms with Crippen LogP contribution in [0.3, 0.4) is 0 Å². The van der Waals surface area contributed by atoms with Gasteiger partial charge in [0.2, 0.25) is 0 Å². The van der Waals surface area contributed by atoms with E-state index in [0.29, 0.717) is 15.6 Å². The largest absolute Gasteiger partial charge is 0.506 e. The maximum Gasteiger partial charge on any atom is 0.416 e. The summed E-state index contributed by atoms with van der Waals surface area (Å²) in [5.41, 5.74) is 2.92. The van der Waals surface area contributed by atoms with Gasteiger partial charge in [-0.3, -0.25) is 9.59 Å². The number of aromatic hydroxyl groups is 1. The van der Waals surface area contributed by atoms with Gasteiger partial charge >= 0.3 is 6.18 Å². The molecule has 33 heavy (non-hydrogen) atoms. The van der Waals surface area contributed by atoms with E-state index in [2.05, 4.69) is 31.8 Å². The van der Waals surface area contributed by atoms with Crippen LogP contribution in [0.5, 0.6) is 5.75 Å². The van der Waals surface area contributed by atoms with Gasteiger partial charge in [-0.05, 0) is 82.5 Å². The number of amides is 2. The summed E-state index contributed by atoms with van der Waals surface area (Å²) >= 11 is 3.22. The lowest BCUT2D eigenvalue weighted by atomic mass is 10.1. The number of carbonyl (C=O) groups excluding carboxylic acids is 2. The van der Waals surface area contributed by atoms with Crippen molar-refractivity contribution in [2.24, 2.45) is 5.10 Å². The first-order valence-corrected chi connectivity index (χ1v) is 10.2. The van der Waals surface area contributed by atoms with Crippen molar-refractivity contribution in [3.8, 4) is 5.75 Å². The standard InChI is InChI=1S/C23H17BrF3N3O3/c1-13-8-14(9-19(24)20(13)31)12-28-30-22(33)16-5-3-7-18(11-16)29-21(32)15-4-2-6-17(10-15)23(25,26)27/h2-12,31H,1H3,(H,29,32)(H,30,33)/b28-12+. The predicted molar refractivity (Wildman–Crippen MR) is 121 cm³/mol. The Morgan fingerprint density at radius 2 is 1.67 bits per heavy atom. The van der Waals surface area contributed by atoms with Crippen molar-refractivity contribution in [2.75, 3.05) is 5.32 Å². The van der Waals surface area contributed by atoms with Crippen LogP contribution in [-0.4, -0.2) is 23.1 Å². The lowest BCUT2D eigenvalue weighted by Gasteiger charge is -2.10. The van der Waals surface area contributed by atoms with Crippen LogP contribution in [0.2, 0.25) is 0 Å². The van der Waals surface area contributed by atoms with E-state index in [1.807, 2.05) is 0 Å². The molecule has 0 aliphatic rings. The van der Waals surface area contributed by atoms with Gasteiger partial charge in [0, 0.05) is 16.8 Å². The monoisotopic (exact) mass is 519 g/mol. The quantitative estimate of drug-likeness (QED) is 0.307. The second-order valence-electron chi connectivity index (χ2n) is 6.98. The molecule has 0 aliphatic heterocycles. The van der Waals surface area contributed by atoms with Crippen LogP contribution in [0.1, 0.15) is 37.4 Å². The van der Waals surface area contributed by atoms with Crippen LogP contribution < -0.4 is 10.7 Å². The summed E-state index contributed by atoms with van der Waals surface area (Å²) in [7, 11) is 0. The minimum absolute atomic E-state index is 0.111. The van der Waals surface area contributed by atoms with E-state index >= 15 is 0 Å². The molecule has 3 aromatic rings. The highest BCUT2D eigenvalue weighted by Gasteiger charge is 2.30. The summed E-state index contributed by atoms with van der Waals surface area (Å²) in [6.45, 7) is 1.72. The molecular formula is C23H17BrF3N3O3. The molecule has 0 heterocycles. The van der Waals surface area contributed by atoms with Crippen molar-refractivity contribution in [2.45, 2.75) is 13.1 Å². The lowest BCUT2D eigenvalue weighted by Crippen LogP contribution is -2.18. The number of hydrazone groups is 1. The van der Waals surface area contributed by atoms with Gasteiger partial charge in [-0.25, -0.2) is 5.43 Å². The molecule has 170 valence electrons. The first-order valence-electron chi connectivity index (χ1n) is 9.46. The number of carbonyl (C=O) groups is 2. The number of anilines is 1. The molecule has 0 atom stereocenters. The predicted octanol–water partition coefficient (Wildman–Crippen LogP) is 5.50. The van der Waals surface area contributed by atoms with Crippen molar-refractivity contribution in [1.29, 1.82) is 0 Å². The lowest BCUT2D eigenvalue weighted by molar-refractivity contribution is -0.137. The Kier molecular flexibility index (Phi) is 7.17. The number of rotatable bonds is 5. The van der Waals surface area contributed by atoms with E-state index in [1.165, 1.54) is 36.5 Å². The van der Waals surface area contributed by atoms with Crippen molar-refractivity contribution >= 4 is 39.6 Å². The number of phenolic OH excluding ortho intramolecular Hbond substituents is 1. The summed E-state index contributed by atoms with van der Waals surface area (Å²) < 4.78 is 39.1. The van der Waals surface area contributed by atoms with Crippen molar-refractivity contribution in [3.63, 3.8) is 0 Å². The highest BCUT2D eigenvalue weighted by Crippen LogP contribution is 2.30. The zero-order valence-corrected chi connectivity index (χ0v) is 18.7. The molecule has 2 amide bonds. The summed E-state index contributed by atoms with van der Waals surface area (Å²) in [4.78, 5) is 24.7. The molecule has 0 spiro atoms. The fraction of sp³-hybridized carbons (Fsp3) is 0.0870. The summed E-state index contributed by atoms with van der Waals surface area (Å²) in [6, 6.07) is 13.2. The van der Waals surface area contributed by atoms with Crippen LogP contribution in [-0.2, 0) is 6.18 Å². The molecular weight excluding hydrogens is 503 g/mol. The highest BCUT2D eigenvalue weighted by atomic mass is 79.9. The third-order valence-electron chi connectivity index (χ3n) is 4.49. The maximum absolute atomic E-state index is 12.9. The zero-order chi connectivity index (χ0) is 24.2. The average Bonchev–Trinajstić information content (AvgIpc) is 2.77. The van der Waals surface area contributed by atoms with Crippen LogP contribution in [0.25, 0.3) is 0 Å². The number of phenols is 1. The third-order valence-corrected chi connectivity index (χ3v) is 5.10.